The fourth-order valence-corrected chi connectivity index (χ4v) is 3.50. The predicted molar refractivity (Wildman–Crippen MR) is 115 cm³/mol. The van der Waals surface area contributed by atoms with Crippen LogP contribution in [0.15, 0.2) is 18.2 Å². The second-order valence-corrected chi connectivity index (χ2v) is 8.87. The number of ether oxygens (including phenoxy) is 2. The largest absolute Gasteiger partial charge is 0.444 e. The molecule has 1 aromatic carbocycles. The number of carbonyl (C=O) groups is 2. The maximum absolute atomic E-state index is 13.0. The van der Waals surface area contributed by atoms with Crippen LogP contribution in [-0.2, 0) is 20.7 Å². The van der Waals surface area contributed by atoms with Crippen LogP contribution in [0.25, 0.3) is 0 Å². The monoisotopic (exact) mass is 404 g/mol. The van der Waals surface area contributed by atoms with Gasteiger partial charge in [0.05, 0.1) is 5.92 Å². The van der Waals surface area contributed by atoms with E-state index in [-0.39, 0.29) is 17.9 Å². The highest BCUT2D eigenvalue weighted by atomic mass is 16.6. The zero-order valence-corrected chi connectivity index (χ0v) is 18.5. The molecule has 6 heteroatoms. The van der Waals surface area contributed by atoms with Crippen LogP contribution in [0.4, 0.5) is 10.5 Å². The van der Waals surface area contributed by atoms with Gasteiger partial charge in [0.25, 0.3) is 0 Å². The Hall–Kier alpha value is -2.08. The second kappa shape index (κ2) is 10.6. The van der Waals surface area contributed by atoms with Crippen LogP contribution in [0.2, 0.25) is 0 Å². The van der Waals surface area contributed by atoms with Crippen molar-refractivity contribution in [3.63, 3.8) is 0 Å². The van der Waals surface area contributed by atoms with Gasteiger partial charge in [0.2, 0.25) is 5.91 Å². The Morgan fingerprint density at radius 2 is 2.00 bits per heavy atom. The molecule has 0 aromatic heterocycles. The van der Waals surface area contributed by atoms with Crippen molar-refractivity contribution in [3.8, 4) is 0 Å². The van der Waals surface area contributed by atoms with E-state index >= 15 is 0 Å². The number of hydrogen-bond acceptors (Lipinski definition) is 4. The third-order valence-corrected chi connectivity index (χ3v) is 5.01. The van der Waals surface area contributed by atoms with Gasteiger partial charge in [0, 0.05) is 32.5 Å². The Bertz CT molecular complexity index is 697. The van der Waals surface area contributed by atoms with Gasteiger partial charge in [-0.2, -0.15) is 0 Å². The quantitative estimate of drug-likeness (QED) is 0.677. The minimum Gasteiger partial charge on any atom is -0.444 e. The molecule has 1 N–H and O–H groups in total. The summed E-state index contributed by atoms with van der Waals surface area (Å²) in [6.07, 6.45) is 4.13. The molecule has 6 nitrogen and oxygen atoms in total. The predicted octanol–water partition coefficient (Wildman–Crippen LogP) is 4.55. The molecule has 162 valence electrons. The number of anilines is 1. The highest BCUT2D eigenvalue weighted by molar-refractivity contribution is 5.93. The first kappa shape index (κ1) is 23.2. The first-order chi connectivity index (χ1) is 13.7. The third kappa shape index (κ3) is 7.69. The minimum atomic E-state index is -0.536. The first-order valence-corrected chi connectivity index (χ1v) is 10.6. The lowest BCUT2D eigenvalue weighted by atomic mass is 9.96. The van der Waals surface area contributed by atoms with Gasteiger partial charge in [0.1, 0.15) is 5.60 Å². The molecule has 1 aromatic rings. The zero-order chi connectivity index (χ0) is 21.4. The van der Waals surface area contributed by atoms with Gasteiger partial charge in [-0.25, -0.2) is 4.79 Å². The van der Waals surface area contributed by atoms with E-state index in [0.717, 1.165) is 55.5 Å². The number of methoxy groups -OCH3 is 1. The van der Waals surface area contributed by atoms with E-state index in [1.54, 1.807) is 12.0 Å². The molecule has 0 radical (unpaired) electrons. The van der Waals surface area contributed by atoms with Gasteiger partial charge in [-0.15, -0.1) is 0 Å². The van der Waals surface area contributed by atoms with Crippen LogP contribution in [0.1, 0.15) is 57.6 Å². The lowest BCUT2D eigenvalue weighted by Gasteiger charge is -2.33. The maximum Gasteiger partial charge on any atom is 0.410 e. The van der Waals surface area contributed by atoms with Crippen molar-refractivity contribution < 1.29 is 19.1 Å². The average molecular weight is 405 g/mol. The zero-order valence-electron chi connectivity index (χ0n) is 18.5. The van der Waals surface area contributed by atoms with Gasteiger partial charge in [0.15, 0.2) is 0 Å². The second-order valence-electron chi connectivity index (χ2n) is 8.87. The average Bonchev–Trinajstić information content (AvgIpc) is 2.65. The molecule has 0 bridgehead atoms. The SMILES string of the molecule is COCCCCc1ccc(C)cc1NC(=O)[C@@H]1CCCN(C(=O)OC(C)(C)C)C1. The van der Waals surface area contributed by atoms with Crippen LogP contribution in [0, 0.1) is 12.8 Å². The number of hydrogen-bond donors (Lipinski definition) is 1. The fourth-order valence-electron chi connectivity index (χ4n) is 3.50. The number of nitrogens with zero attached hydrogens (tertiary/aromatic N) is 1. The van der Waals surface area contributed by atoms with E-state index in [0.29, 0.717) is 13.1 Å². The molecule has 1 atom stereocenters. The number of benzene rings is 1. The molecule has 2 rings (SSSR count). The van der Waals surface area contributed by atoms with E-state index in [4.69, 9.17) is 9.47 Å². The number of aryl methyl sites for hydroxylation is 2. The number of carbonyl (C=O) groups excluding carboxylic acids is 2. The molecule has 29 heavy (non-hydrogen) atoms. The summed E-state index contributed by atoms with van der Waals surface area (Å²) >= 11 is 0. The van der Waals surface area contributed by atoms with Gasteiger partial charge >= 0.3 is 6.09 Å². The molecule has 1 saturated heterocycles. The van der Waals surface area contributed by atoms with E-state index in [9.17, 15) is 9.59 Å². The fraction of sp³-hybridized carbons (Fsp3) is 0.652. The third-order valence-electron chi connectivity index (χ3n) is 5.01. The summed E-state index contributed by atoms with van der Waals surface area (Å²) in [6.45, 7) is 9.36. The standard InChI is InChI=1S/C23H36N2O4/c1-17-11-12-18(9-6-7-14-28-5)20(15-17)24-21(26)19-10-8-13-25(16-19)22(27)29-23(2,3)4/h11-12,15,19H,6-10,13-14,16H2,1-5H3,(H,24,26)/t19-/m1/s1. The summed E-state index contributed by atoms with van der Waals surface area (Å²) in [7, 11) is 1.71. The molecule has 1 heterocycles. The first-order valence-electron chi connectivity index (χ1n) is 10.6. The number of unbranched alkanes of at least 4 members (excludes halogenated alkanes) is 1. The van der Waals surface area contributed by atoms with Gasteiger partial charge in [-0.1, -0.05) is 12.1 Å². The molecule has 1 aliphatic rings. The Morgan fingerprint density at radius 1 is 1.24 bits per heavy atom. The highest BCUT2D eigenvalue weighted by Gasteiger charge is 2.31. The molecule has 0 aliphatic carbocycles. The van der Waals surface area contributed by atoms with Crippen LogP contribution in [0.3, 0.4) is 0 Å². The van der Waals surface area contributed by atoms with Crippen molar-refractivity contribution in [3.05, 3.63) is 29.3 Å². The molecule has 0 spiro atoms. The smallest absolute Gasteiger partial charge is 0.410 e. The normalized spacial score (nSPS) is 17.1. The minimum absolute atomic E-state index is 0.0259. The summed E-state index contributed by atoms with van der Waals surface area (Å²) in [5.41, 5.74) is 2.59. The molecular formula is C23H36N2O4. The van der Waals surface area contributed by atoms with E-state index < -0.39 is 5.60 Å². The van der Waals surface area contributed by atoms with Gasteiger partial charge in [-0.3, -0.25) is 4.79 Å². The van der Waals surface area contributed by atoms with Crippen molar-refractivity contribution in [2.75, 3.05) is 32.1 Å². The van der Waals surface area contributed by atoms with Gasteiger partial charge < -0.3 is 19.7 Å². The summed E-state index contributed by atoms with van der Waals surface area (Å²) in [4.78, 5) is 27.0. The molecule has 1 aliphatic heterocycles. The van der Waals surface area contributed by atoms with Crippen LogP contribution in [0.5, 0.6) is 0 Å². The van der Waals surface area contributed by atoms with Crippen molar-refractivity contribution in [1.29, 1.82) is 0 Å². The summed E-state index contributed by atoms with van der Waals surface area (Å²) < 4.78 is 10.6. The lowest BCUT2D eigenvalue weighted by Crippen LogP contribution is -2.45. The Balaban J connectivity index is 2.00. The van der Waals surface area contributed by atoms with E-state index in [1.807, 2.05) is 33.8 Å². The number of piperidine rings is 1. The molecule has 1 fully saturated rings. The highest BCUT2D eigenvalue weighted by Crippen LogP contribution is 2.24. The molecule has 0 saturated carbocycles. The molecule has 0 unspecified atom stereocenters. The summed E-state index contributed by atoms with van der Waals surface area (Å²) in [6, 6.07) is 6.19. The number of nitrogens with one attached hydrogen (secondary N) is 1. The van der Waals surface area contributed by atoms with E-state index in [2.05, 4.69) is 17.4 Å². The number of likely N-dealkylation sites (tertiary alicyclic amines) is 1. The van der Waals surface area contributed by atoms with Crippen molar-refractivity contribution in [1.82, 2.24) is 4.90 Å². The van der Waals surface area contributed by atoms with Crippen LogP contribution >= 0.6 is 0 Å². The molecular weight excluding hydrogens is 368 g/mol. The Morgan fingerprint density at radius 3 is 2.69 bits per heavy atom. The van der Waals surface area contributed by atoms with Crippen LogP contribution < -0.4 is 5.32 Å². The Labute approximate surface area is 174 Å². The van der Waals surface area contributed by atoms with Crippen molar-refractivity contribution in [2.24, 2.45) is 5.92 Å². The number of amides is 2. The van der Waals surface area contributed by atoms with Gasteiger partial charge in [-0.05, 0) is 77.0 Å². The topological polar surface area (TPSA) is 67.9 Å². The van der Waals surface area contributed by atoms with E-state index in [1.165, 1.54) is 0 Å². The van der Waals surface area contributed by atoms with Crippen molar-refractivity contribution >= 4 is 17.7 Å². The van der Waals surface area contributed by atoms with Crippen LogP contribution in [-0.4, -0.2) is 49.3 Å². The van der Waals surface area contributed by atoms with Crippen molar-refractivity contribution in [2.45, 2.75) is 65.4 Å². The summed E-state index contributed by atoms with van der Waals surface area (Å²) in [5.74, 6) is -0.250. The Kier molecular flexibility index (Phi) is 8.50. The lowest BCUT2D eigenvalue weighted by molar-refractivity contribution is -0.121. The summed E-state index contributed by atoms with van der Waals surface area (Å²) in [5, 5.41) is 3.12. The molecule has 2 amide bonds. The maximum atomic E-state index is 13.0. The number of rotatable bonds is 7.